The van der Waals surface area contributed by atoms with Gasteiger partial charge in [0.2, 0.25) is 0 Å². The first-order chi connectivity index (χ1) is 9.79. The van der Waals surface area contributed by atoms with Gasteiger partial charge in [-0.2, -0.15) is 0 Å². The maximum Gasteiger partial charge on any atom is 0.270 e. The van der Waals surface area contributed by atoms with E-state index >= 15 is 0 Å². The minimum atomic E-state index is -3.74. The van der Waals surface area contributed by atoms with Crippen molar-refractivity contribution in [2.45, 2.75) is 24.1 Å². The predicted molar refractivity (Wildman–Crippen MR) is 82.2 cm³/mol. The molecule has 0 bridgehead atoms. The van der Waals surface area contributed by atoms with E-state index in [-0.39, 0.29) is 16.2 Å². The normalized spacial score (nSPS) is 12.9. The second kappa shape index (κ2) is 6.13. The summed E-state index contributed by atoms with van der Waals surface area (Å²) >= 11 is 1.03. The van der Waals surface area contributed by atoms with Gasteiger partial charge in [0.25, 0.3) is 15.0 Å². The molecule has 0 aromatic carbocycles. The van der Waals surface area contributed by atoms with Crippen LogP contribution in [-0.4, -0.2) is 19.3 Å². The Morgan fingerprint density at radius 3 is 2.67 bits per heavy atom. The first-order valence-corrected chi connectivity index (χ1v) is 9.18. The zero-order valence-corrected chi connectivity index (χ0v) is 13.7. The summed E-state index contributed by atoms with van der Waals surface area (Å²) in [5, 5.41) is 2.79. The molecule has 1 amide bonds. The molecule has 0 spiro atoms. The quantitative estimate of drug-likeness (QED) is 0.865. The maximum atomic E-state index is 12.1. The summed E-state index contributed by atoms with van der Waals surface area (Å²) in [7, 11) is 1.55. The predicted octanol–water partition coefficient (Wildman–Crippen LogP) is 2.87. The monoisotopic (exact) mass is 344 g/mol. The molecule has 2 aromatic rings. The van der Waals surface area contributed by atoms with Crippen LogP contribution < -0.4 is 5.32 Å². The Labute approximate surface area is 131 Å². The molecule has 0 saturated carbocycles. The third kappa shape index (κ3) is 3.81. The van der Waals surface area contributed by atoms with Crippen molar-refractivity contribution in [2.24, 2.45) is 0 Å². The molecule has 2 heterocycles. The lowest BCUT2D eigenvalue weighted by Gasteiger charge is -2.12. The molecule has 21 heavy (non-hydrogen) atoms. The van der Waals surface area contributed by atoms with Crippen LogP contribution in [0.2, 0.25) is 0 Å². The molecule has 0 saturated heterocycles. The first-order valence-electron chi connectivity index (χ1n) is 6.06. The molecule has 0 aliphatic heterocycles. The van der Waals surface area contributed by atoms with Crippen molar-refractivity contribution in [3.63, 3.8) is 0 Å². The second-order valence-electron chi connectivity index (χ2n) is 4.46. The van der Waals surface area contributed by atoms with Gasteiger partial charge in [0.15, 0.2) is 0 Å². The van der Waals surface area contributed by atoms with E-state index in [1.807, 2.05) is 0 Å². The lowest BCUT2D eigenvalue weighted by Crippen LogP contribution is -2.27. The van der Waals surface area contributed by atoms with Crippen molar-refractivity contribution in [3.8, 4) is 0 Å². The van der Waals surface area contributed by atoms with Gasteiger partial charge in [0, 0.05) is 21.8 Å². The van der Waals surface area contributed by atoms with Gasteiger partial charge < -0.3 is 5.32 Å². The van der Waals surface area contributed by atoms with Gasteiger partial charge in [-0.25, -0.2) is 8.42 Å². The summed E-state index contributed by atoms with van der Waals surface area (Å²) in [5.41, 5.74) is 1.13. The van der Waals surface area contributed by atoms with E-state index < -0.39 is 9.05 Å². The Balaban J connectivity index is 2.15. The fourth-order valence-corrected chi connectivity index (χ4v) is 3.85. The fourth-order valence-electron chi connectivity index (χ4n) is 1.76. The number of aromatic nitrogens is 1. The lowest BCUT2D eigenvalue weighted by atomic mass is 10.2. The minimum Gasteiger partial charge on any atom is -0.343 e. The summed E-state index contributed by atoms with van der Waals surface area (Å²) in [6.07, 6.45) is 1.55. The molecule has 8 heteroatoms. The first kappa shape index (κ1) is 15.9. The van der Waals surface area contributed by atoms with Gasteiger partial charge in [-0.05, 0) is 37.6 Å². The molecule has 0 aliphatic rings. The molecule has 1 unspecified atom stereocenters. The van der Waals surface area contributed by atoms with E-state index in [2.05, 4.69) is 10.3 Å². The smallest absolute Gasteiger partial charge is 0.270 e. The van der Waals surface area contributed by atoms with E-state index in [1.54, 1.807) is 38.2 Å². The highest BCUT2D eigenvalue weighted by Gasteiger charge is 2.19. The van der Waals surface area contributed by atoms with Crippen molar-refractivity contribution >= 4 is 37.0 Å². The highest BCUT2D eigenvalue weighted by Crippen LogP contribution is 2.28. The largest absolute Gasteiger partial charge is 0.343 e. The Morgan fingerprint density at radius 2 is 2.10 bits per heavy atom. The van der Waals surface area contributed by atoms with Crippen LogP contribution in [-0.2, 0) is 9.05 Å². The summed E-state index contributed by atoms with van der Waals surface area (Å²) in [5.74, 6) is -0.302. The van der Waals surface area contributed by atoms with Gasteiger partial charge in [-0.1, -0.05) is 6.07 Å². The Hall–Kier alpha value is -1.44. The highest BCUT2D eigenvalue weighted by molar-refractivity contribution is 8.15. The molecule has 0 radical (unpaired) electrons. The number of carbonyl (C=O) groups excluding carboxylic acids is 1. The summed E-state index contributed by atoms with van der Waals surface area (Å²) in [6.45, 7) is 3.57. The topological polar surface area (TPSA) is 76.1 Å². The highest BCUT2D eigenvalue weighted by atomic mass is 35.7. The van der Waals surface area contributed by atoms with E-state index in [0.29, 0.717) is 10.6 Å². The van der Waals surface area contributed by atoms with Crippen LogP contribution in [0.5, 0.6) is 0 Å². The average Bonchev–Trinajstić information content (AvgIpc) is 2.88. The summed E-state index contributed by atoms with van der Waals surface area (Å²) in [4.78, 5) is 16.9. The molecule has 0 fully saturated rings. The van der Waals surface area contributed by atoms with E-state index in [1.165, 1.54) is 6.07 Å². The van der Waals surface area contributed by atoms with Crippen molar-refractivity contribution in [1.29, 1.82) is 0 Å². The standard InChI is InChI=1S/C13H13ClN2O3S2/c1-8-4-3-7-15-12(8)13(17)16-9(2)10-5-6-11(20-10)21(14,18)19/h3-7,9H,1-2H3,(H,16,17). The Bertz CT molecular complexity index is 771. The molecule has 2 rings (SSSR count). The van der Waals surface area contributed by atoms with Crippen LogP contribution >= 0.6 is 22.0 Å². The van der Waals surface area contributed by atoms with Gasteiger partial charge in [-0.3, -0.25) is 9.78 Å². The molecular weight excluding hydrogens is 332 g/mol. The zero-order valence-electron chi connectivity index (χ0n) is 11.3. The van der Waals surface area contributed by atoms with E-state index in [4.69, 9.17) is 10.7 Å². The minimum absolute atomic E-state index is 0.0642. The number of hydrogen-bond donors (Lipinski definition) is 1. The lowest BCUT2D eigenvalue weighted by molar-refractivity contribution is 0.0935. The molecule has 1 atom stereocenters. The van der Waals surface area contributed by atoms with Gasteiger partial charge in [0.05, 0.1) is 6.04 Å². The number of halogens is 1. The number of nitrogens with zero attached hydrogens (tertiary/aromatic N) is 1. The van der Waals surface area contributed by atoms with Gasteiger partial charge in [-0.15, -0.1) is 11.3 Å². The van der Waals surface area contributed by atoms with Crippen LogP contribution in [0.3, 0.4) is 0 Å². The molecule has 112 valence electrons. The molecule has 5 nitrogen and oxygen atoms in total. The number of nitrogens with one attached hydrogen (secondary N) is 1. The SMILES string of the molecule is Cc1cccnc1C(=O)NC(C)c1ccc(S(=O)(=O)Cl)s1. The number of pyridine rings is 1. The van der Waals surface area contributed by atoms with Crippen molar-refractivity contribution in [2.75, 3.05) is 0 Å². The third-order valence-corrected chi connectivity index (χ3v) is 6.20. The van der Waals surface area contributed by atoms with Gasteiger partial charge >= 0.3 is 0 Å². The summed E-state index contributed by atoms with van der Waals surface area (Å²) < 4.78 is 22.5. The number of aryl methyl sites for hydroxylation is 1. The number of carbonyl (C=O) groups is 1. The molecule has 1 N–H and O–H groups in total. The number of amides is 1. The Morgan fingerprint density at radius 1 is 1.38 bits per heavy atom. The van der Waals surface area contributed by atoms with Crippen LogP contribution in [0.25, 0.3) is 0 Å². The van der Waals surface area contributed by atoms with E-state index in [9.17, 15) is 13.2 Å². The van der Waals surface area contributed by atoms with Crippen LogP contribution in [0.4, 0.5) is 0 Å². The average molecular weight is 345 g/mol. The number of thiophene rings is 1. The van der Waals surface area contributed by atoms with Crippen molar-refractivity contribution in [3.05, 3.63) is 46.6 Å². The number of rotatable bonds is 4. The fraction of sp³-hybridized carbons (Fsp3) is 0.231. The van der Waals surface area contributed by atoms with Crippen LogP contribution in [0.15, 0.2) is 34.7 Å². The number of hydrogen-bond acceptors (Lipinski definition) is 5. The molecule has 2 aromatic heterocycles. The Kier molecular flexibility index (Phi) is 4.65. The molecule has 0 aliphatic carbocycles. The summed E-state index contributed by atoms with van der Waals surface area (Å²) in [6, 6.07) is 6.28. The van der Waals surface area contributed by atoms with Gasteiger partial charge in [0.1, 0.15) is 9.90 Å². The maximum absolute atomic E-state index is 12.1. The zero-order chi connectivity index (χ0) is 15.6. The molecular formula is C13H13ClN2O3S2. The van der Waals surface area contributed by atoms with Crippen molar-refractivity contribution < 1.29 is 13.2 Å². The third-order valence-electron chi connectivity index (χ3n) is 2.84. The second-order valence-corrected chi connectivity index (χ2v) is 8.37. The van der Waals surface area contributed by atoms with E-state index in [0.717, 1.165) is 16.9 Å². The van der Waals surface area contributed by atoms with Crippen LogP contribution in [0.1, 0.15) is 33.9 Å². The van der Waals surface area contributed by atoms with Crippen molar-refractivity contribution in [1.82, 2.24) is 10.3 Å². The van der Waals surface area contributed by atoms with Crippen LogP contribution in [0, 0.1) is 6.92 Å².